The fraction of sp³-hybridized carbons (Fsp3) is 0.714. The van der Waals surface area contributed by atoms with Gasteiger partial charge in [0.15, 0.2) is 0 Å². The van der Waals surface area contributed by atoms with Crippen LogP contribution >= 0.6 is 0 Å². The summed E-state index contributed by atoms with van der Waals surface area (Å²) in [7, 11) is 1.09. The minimum Gasteiger partial charge on any atom is -0.376 e. The van der Waals surface area contributed by atoms with Gasteiger partial charge < -0.3 is 4.74 Å². The first-order valence-corrected chi connectivity index (χ1v) is 4.54. The Hall–Kier alpha value is 0.605. The molecule has 1 saturated heterocycles. The minimum atomic E-state index is 0. The zero-order valence-corrected chi connectivity index (χ0v) is 10.6. The number of hydrogen-bond donors (Lipinski definition) is 0. The standard InChI is InChI=1S/C7H14OSi.Pt/c1-2-7(9)5-3-4-6-8-7;/h2H,1,3-6H2,9H3;. The summed E-state index contributed by atoms with van der Waals surface area (Å²) in [5.74, 6) is 0. The van der Waals surface area contributed by atoms with Crippen LogP contribution in [-0.4, -0.2) is 22.1 Å². The maximum atomic E-state index is 5.56. The Morgan fingerprint density at radius 1 is 1.50 bits per heavy atom. The Morgan fingerprint density at radius 3 is 2.50 bits per heavy atom. The molecule has 0 saturated carbocycles. The van der Waals surface area contributed by atoms with Crippen molar-refractivity contribution >= 4 is 10.2 Å². The Balaban J connectivity index is 0.000000810. The zero-order chi connectivity index (χ0) is 6.74. The molecule has 1 rings (SSSR count). The van der Waals surface area contributed by atoms with Gasteiger partial charge in [0.1, 0.15) is 0 Å². The summed E-state index contributed by atoms with van der Waals surface area (Å²) in [6, 6.07) is 0. The van der Waals surface area contributed by atoms with Crippen molar-refractivity contribution in [3.05, 3.63) is 12.7 Å². The van der Waals surface area contributed by atoms with Crippen molar-refractivity contribution in [3.63, 3.8) is 0 Å². The van der Waals surface area contributed by atoms with E-state index in [1.807, 2.05) is 6.08 Å². The van der Waals surface area contributed by atoms with E-state index in [1.165, 1.54) is 19.3 Å². The van der Waals surface area contributed by atoms with Gasteiger partial charge in [-0.25, -0.2) is 0 Å². The van der Waals surface area contributed by atoms with Gasteiger partial charge in [0.05, 0.1) is 5.22 Å². The van der Waals surface area contributed by atoms with Crippen molar-refractivity contribution < 1.29 is 25.8 Å². The monoisotopic (exact) mass is 337 g/mol. The molecule has 0 aromatic rings. The molecule has 3 heteroatoms. The molecule has 1 aliphatic heterocycles. The molecule has 10 heavy (non-hydrogen) atoms. The molecule has 1 atom stereocenters. The third-order valence-corrected chi connectivity index (χ3v) is 3.13. The van der Waals surface area contributed by atoms with Crippen LogP contribution in [0.1, 0.15) is 19.3 Å². The van der Waals surface area contributed by atoms with Gasteiger partial charge in [0.2, 0.25) is 0 Å². The number of ether oxygens (including phenoxy) is 1. The van der Waals surface area contributed by atoms with Crippen LogP contribution < -0.4 is 0 Å². The number of rotatable bonds is 1. The van der Waals surface area contributed by atoms with Crippen LogP contribution in [0.5, 0.6) is 0 Å². The molecular formula is C7H14OPtSi. The Kier molecular flexibility index (Phi) is 4.75. The molecule has 62 valence electrons. The molecule has 0 radical (unpaired) electrons. The summed E-state index contributed by atoms with van der Waals surface area (Å²) in [4.78, 5) is 0. The van der Waals surface area contributed by atoms with Crippen LogP contribution in [0.2, 0.25) is 0 Å². The first-order valence-electron chi connectivity index (χ1n) is 3.54. The second-order valence-electron chi connectivity index (χ2n) is 2.82. The SMILES string of the molecule is C=CC1([SiH3])CCCCO1.[Pt]. The molecule has 1 aliphatic rings. The molecule has 0 bridgehead atoms. The van der Waals surface area contributed by atoms with E-state index >= 15 is 0 Å². The van der Waals surface area contributed by atoms with Crippen molar-refractivity contribution in [1.29, 1.82) is 0 Å². The summed E-state index contributed by atoms with van der Waals surface area (Å²) >= 11 is 0. The minimum absolute atomic E-state index is 0. The van der Waals surface area contributed by atoms with E-state index in [4.69, 9.17) is 4.74 Å². The predicted octanol–water partition coefficient (Wildman–Crippen LogP) is 0.432. The van der Waals surface area contributed by atoms with E-state index in [0.717, 1.165) is 16.8 Å². The van der Waals surface area contributed by atoms with Gasteiger partial charge >= 0.3 is 0 Å². The maximum absolute atomic E-state index is 5.56. The van der Waals surface area contributed by atoms with Crippen molar-refractivity contribution in [2.24, 2.45) is 0 Å². The van der Waals surface area contributed by atoms with E-state index < -0.39 is 0 Å². The first kappa shape index (κ1) is 10.6. The first-order chi connectivity index (χ1) is 4.27. The van der Waals surface area contributed by atoms with Gasteiger partial charge in [0, 0.05) is 37.9 Å². The molecule has 1 heterocycles. The van der Waals surface area contributed by atoms with E-state index in [0.29, 0.717) is 0 Å². The van der Waals surface area contributed by atoms with Gasteiger partial charge in [-0.3, -0.25) is 0 Å². The van der Waals surface area contributed by atoms with Crippen molar-refractivity contribution in [2.45, 2.75) is 24.5 Å². The van der Waals surface area contributed by atoms with Crippen LogP contribution in [-0.2, 0) is 25.8 Å². The third kappa shape index (κ3) is 2.69. The van der Waals surface area contributed by atoms with Crippen LogP contribution in [0.25, 0.3) is 0 Å². The summed E-state index contributed by atoms with van der Waals surface area (Å²) in [6.45, 7) is 4.71. The largest absolute Gasteiger partial charge is 0.376 e. The van der Waals surface area contributed by atoms with Crippen molar-refractivity contribution in [1.82, 2.24) is 0 Å². The molecular weight excluding hydrogens is 323 g/mol. The second kappa shape index (κ2) is 4.48. The fourth-order valence-corrected chi connectivity index (χ4v) is 1.67. The third-order valence-electron chi connectivity index (χ3n) is 1.93. The number of hydrogen-bond acceptors (Lipinski definition) is 1. The summed E-state index contributed by atoms with van der Waals surface area (Å²) in [5.41, 5.74) is 0. The quantitative estimate of drug-likeness (QED) is 0.498. The fourth-order valence-electron chi connectivity index (χ4n) is 1.12. The predicted molar refractivity (Wildman–Crippen MR) is 42.7 cm³/mol. The molecule has 1 fully saturated rings. The van der Waals surface area contributed by atoms with E-state index in [2.05, 4.69) is 6.58 Å². The van der Waals surface area contributed by atoms with Gasteiger partial charge in [-0.2, -0.15) is 0 Å². The van der Waals surface area contributed by atoms with Gasteiger partial charge in [-0.05, 0) is 19.3 Å². The second-order valence-corrected chi connectivity index (χ2v) is 4.52. The molecule has 0 aromatic carbocycles. The molecule has 0 amide bonds. The zero-order valence-electron chi connectivity index (χ0n) is 6.34. The smallest absolute Gasteiger partial charge is 0.0653 e. The van der Waals surface area contributed by atoms with Crippen LogP contribution in [0.4, 0.5) is 0 Å². The van der Waals surface area contributed by atoms with Crippen LogP contribution in [0.15, 0.2) is 12.7 Å². The summed E-state index contributed by atoms with van der Waals surface area (Å²) in [6.07, 6.45) is 5.72. The van der Waals surface area contributed by atoms with Gasteiger partial charge in [-0.15, -0.1) is 6.58 Å². The molecule has 0 aliphatic carbocycles. The van der Waals surface area contributed by atoms with Crippen molar-refractivity contribution in [2.75, 3.05) is 6.61 Å². The van der Waals surface area contributed by atoms with Gasteiger partial charge in [0.25, 0.3) is 0 Å². The van der Waals surface area contributed by atoms with E-state index in [1.54, 1.807) is 0 Å². The Bertz CT molecular complexity index is 110. The summed E-state index contributed by atoms with van der Waals surface area (Å²) in [5, 5.41) is 0.123. The Morgan fingerprint density at radius 2 is 2.20 bits per heavy atom. The maximum Gasteiger partial charge on any atom is 0.0653 e. The average molecular weight is 337 g/mol. The van der Waals surface area contributed by atoms with Crippen LogP contribution in [0, 0.1) is 0 Å². The van der Waals surface area contributed by atoms with Crippen molar-refractivity contribution in [3.8, 4) is 0 Å². The molecule has 0 spiro atoms. The molecule has 0 aromatic heterocycles. The van der Waals surface area contributed by atoms with Gasteiger partial charge in [-0.1, -0.05) is 6.08 Å². The Labute approximate surface area is 79.9 Å². The van der Waals surface area contributed by atoms with E-state index in [-0.39, 0.29) is 26.3 Å². The molecule has 1 nitrogen and oxygen atoms in total. The topological polar surface area (TPSA) is 9.23 Å². The molecule has 1 unspecified atom stereocenters. The summed E-state index contributed by atoms with van der Waals surface area (Å²) < 4.78 is 5.56. The molecule has 0 N–H and O–H groups in total. The van der Waals surface area contributed by atoms with E-state index in [9.17, 15) is 0 Å². The van der Waals surface area contributed by atoms with Crippen LogP contribution in [0.3, 0.4) is 0 Å². The normalized spacial score (nSPS) is 32.8. The average Bonchev–Trinajstić information content (AvgIpc) is 1.90.